The number of nitrogens with one attached hydrogen (secondary N) is 2. The second kappa shape index (κ2) is 5.00. The van der Waals surface area contributed by atoms with Gasteiger partial charge in [-0.2, -0.15) is 0 Å². The number of benzene rings is 1. The standard InChI is InChI=1S/C11H12ClN3OS/c1-6(13-2)11(16)15-9-7(12)3-4-8-10(9)14-5-17-8/h3-6,13H,1-2H3,(H,15,16). The molecule has 0 aliphatic carbocycles. The summed E-state index contributed by atoms with van der Waals surface area (Å²) in [5.41, 5.74) is 3.05. The quantitative estimate of drug-likeness (QED) is 0.900. The summed E-state index contributed by atoms with van der Waals surface area (Å²) in [6.07, 6.45) is 0. The van der Waals surface area contributed by atoms with Gasteiger partial charge in [-0.3, -0.25) is 4.79 Å². The van der Waals surface area contributed by atoms with Crippen molar-refractivity contribution in [1.29, 1.82) is 0 Å². The predicted molar refractivity (Wildman–Crippen MR) is 71.8 cm³/mol. The molecular weight excluding hydrogens is 258 g/mol. The molecule has 6 heteroatoms. The van der Waals surface area contributed by atoms with E-state index in [9.17, 15) is 4.79 Å². The maximum absolute atomic E-state index is 11.8. The van der Waals surface area contributed by atoms with Crippen LogP contribution in [0, 0.1) is 0 Å². The zero-order valence-corrected chi connectivity index (χ0v) is 11.0. The molecule has 0 saturated carbocycles. The summed E-state index contributed by atoms with van der Waals surface area (Å²) in [6, 6.07) is 3.38. The van der Waals surface area contributed by atoms with Gasteiger partial charge in [0.05, 0.1) is 27.0 Å². The Hall–Kier alpha value is -1.17. The van der Waals surface area contributed by atoms with Crippen LogP contribution in [0.25, 0.3) is 10.2 Å². The fraction of sp³-hybridized carbons (Fsp3) is 0.273. The molecule has 2 rings (SSSR count). The van der Waals surface area contributed by atoms with Crippen molar-refractivity contribution < 1.29 is 4.79 Å². The molecule has 17 heavy (non-hydrogen) atoms. The number of hydrogen-bond donors (Lipinski definition) is 2. The van der Waals surface area contributed by atoms with Crippen molar-refractivity contribution in [2.45, 2.75) is 13.0 Å². The van der Waals surface area contributed by atoms with Crippen molar-refractivity contribution in [3.05, 3.63) is 22.7 Å². The van der Waals surface area contributed by atoms with E-state index < -0.39 is 0 Å². The van der Waals surface area contributed by atoms with E-state index in [0.717, 1.165) is 10.2 Å². The maximum Gasteiger partial charge on any atom is 0.241 e. The Balaban J connectivity index is 2.37. The van der Waals surface area contributed by atoms with Crippen LogP contribution in [-0.2, 0) is 4.79 Å². The van der Waals surface area contributed by atoms with Crippen molar-refractivity contribution in [1.82, 2.24) is 10.3 Å². The number of aromatic nitrogens is 1. The molecule has 0 aliphatic rings. The highest BCUT2D eigenvalue weighted by Gasteiger charge is 2.15. The first kappa shape index (κ1) is 12.3. The van der Waals surface area contributed by atoms with Crippen LogP contribution in [-0.4, -0.2) is 24.0 Å². The molecule has 2 aromatic rings. The first-order chi connectivity index (χ1) is 8.13. The third-order valence-corrected chi connectivity index (χ3v) is 3.64. The molecule has 1 atom stereocenters. The Morgan fingerprint density at radius 2 is 2.29 bits per heavy atom. The van der Waals surface area contributed by atoms with E-state index in [0.29, 0.717) is 10.7 Å². The zero-order chi connectivity index (χ0) is 12.4. The summed E-state index contributed by atoms with van der Waals surface area (Å²) in [6.45, 7) is 1.78. The van der Waals surface area contributed by atoms with Crippen molar-refractivity contribution in [2.75, 3.05) is 12.4 Å². The minimum Gasteiger partial charge on any atom is -0.322 e. The largest absolute Gasteiger partial charge is 0.322 e. The molecular formula is C11H12ClN3OS. The van der Waals surface area contributed by atoms with E-state index in [1.807, 2.05) is 6.07 Å². The molecule has 1 aromatic carbocycles. The number of fused-ring (bicyclic) bond motifs is 1. The van der Waals surface area contributed by atoms with E-state index in [-0.39, 0.29) is 11.9 Å². The van der Waals surface area contributed by atoms with Crippen LogP contribution in [0.5, 0.6) is 0 Å². The summed E-state index contributed by atoms with van der Waals surface area (Å²) >= 11 is 7.60. The third kappa shape index (κ3) is 2.41. The van der Waals surface area contributed by atoms with Gasteiger partial charge in [-0.05, 0) is 26.1 Å². The summed E-state index contributed by atoms with van der Waals surface area (Å²) in [5, 5.41) is 6.17. The molecule has 1 unspecified atom stereocenters. The first-order valence-corrected chi connectivity index (χ1v) is 6.39. The number of carbonyl (C=O) groups excluding carboxylic acids is 1. The van der Waals surface area contributed by atoms with E-state index >= 15 is 0 Å². The Kier molecular flexibility index (Phi) is 3.61. The van der Waals surface area contributed by atoms with Crippen LogP contribution < -0.4 is 10.6 Å². The molecule has 90 valence electrons. The van der Waals surface area contributed by atoms with Gasteiger partial charge < -0.3 is 10.6 Å². The van der Waals surface area contributed by atoms with Gasteiger partial charge in [-0.25, -0.2) is 4.98 Å². The lowest BCUT2D eigenvalue weighted by Crippen LogP contribution is -2.35. The monoisotopic (exact) mass is 269 g/mol. The molecule has 1 amide bonds. The smallest absolute Gasteiger partial charge is 0.241 e. The van der Waals surface area contributed by atoms with Gasteiger partial charge in [-0.15, -0.1) is 11.3 Å². The Labute approximate surface area is 108 Å². The molecule has 0 radical (unpaired) electrons. The number of carbonyl (C=O) groups is 1. The average Bonchev–Trinajstić information content (AvgIpc) is 2.80. The first-order valence-electron chi connectivity index (χ1n) is 5.13. The molecule has 0 aliphatic heterocycles. The van der Waals surface area contributed by atoms with Gasteiger partial charge in [0.15, 0.2) is 0 Å². The topological polar surface area (TPSA) is 54.0 Å². The van der Waals surface area contributed by atoms with Gasteiger partial charge >= 0.3 is 0 Å². The SMILES string of the molecule is CNC(C)C(=O)Nc1c(Cl)ccc2scnc12. The molecule has 4 nitrogen and oxygen atoms in total. The number of nitrogens with zero attached hydrogens (tertiary/aromatic N) is 1. The van der Waals surface area contributed by atoms with Gasteiger partial charge in [0.2, 0.25) is 5.91 Å². The molecule has 1 heterocycles. The molecule has 0 fully saturated rings. The highest BCUT2D eigenvalue weighted by Crippen LogP contribution is 2.32. The number of rotatable bonds is 3. The molecule has 0 saturated heterocycles. The highest BCUT2D eigenvalue weighted by molar-refractivity contribution is 7.16. The summed E-state index contributed by atoms with van der Waals surface area (Å²) in [7, 11) is 1.73. The minimum absolute atomic E-state index is 0.130. The van der Waals surface area contributed by atoms with Crippen molar-refractivity contribution >= 4 is 44.7 Å². The number of amides is 1. The van der Waals surface area contributed by atoms with Crippen molar-refractivity contribution in [2.24, 2.45) is 0 Å². The molecule has 0 spiro atoms. The van der Waals surface area contributed by atoms with E-state index in [1.165, 1.54) is 11.3 Å². The molecule has 1 aromatic heterocycles. The van der Waals surface area contributed by atoms with Crippen LogP contribution in [0.15, 0.2) is 17.6 Å². The van der Waals surface area contributed by atoms with Crippen LogP contribution in [0.1, 0.15) is 6.92 Å². The highest BCUT2D eigenvalue weighted by atomic mass is 35.5. The van der Waals surface area contributed by atoms with E-state index in [2.05, 4.69) is 15.6 Å². The number of halogens is 1. The lowest BCUT2D eigenvalue weighted by atomic mass is 10.2. The summed E-state index contributed by atoms with van der Waals surface area (Å²) in [5.74, 6) is -0.130. The van der Waals surface area contributed by atoms with Crippen LogP contribution in [0.3, 0.4) is 0 Å². The third-order valence-electron chi connectivity index (χ3n) is 2.53. The van der Waals surface area contributed by atoms with Crippen LogP contribution >= 0.6 is 22.9 Å². The number of likely N-dealkylation sites (N-methyl/N-ethyl adjacent to an activating group) is 1. The summed E-state index contributed by atoms with van der Waals surface area (Å²) < 4.78 is 1.00. The van der Waals surface area contributed by atoms with Crippen LogP contribution in [0.4, 0.5) is 5.69 Å². The number of anilines is 1. The normalized spacial score (nSPS) is 12.6. The van der Waals surface area contributed by atoms with Crippen molar-refractivity contribution in [3.8, 4) is 0 Å². The zero-order valence-electron chi connectivity index (χ0n) is 9.45. The second-order valence-corrected chi connectivity index (χ2v) is 4.91. The fourth-order valence-electron chi connectivity index (χ4n) is 1.39. The Morgan fingerprint density at radius 1 is 1.53 bits per heavy atom. The van der Waals surface area contributed by atoms with E-state index in [1.54, 1.807) is 25.5 Å². The Bertz CT molecular complexity index is 555. The maximum atomic E-state index is 11.8. The van der Waals surface area contributed by atoms with Crippen LogP contribution in [0.2, 0.25) is 5.02 Å². The Morgan fingerprint density at radius 3 is 3.00 bits per heavy atom. The number of thiazole rings is 1. The minimum atomic E-state index is -0.278. The molecule has 2 N–H and O–H groups in total. The predicted octanol–water partition coefficient (Wildman–Crippen LogP) is 2.50. The van der Waals surface area contributed by atoms with Gasteiger partial charge in [-0.1, -0.05) is 11.6 Å². The summed E-state index contributed by atoms with van der Waals surface area (Å²) in [4.78, 5) is 16.0. The van der Waals surface area contributed by atoms with E-state index in [4.69, 9.17) is 11.6 Å². The average molecular weight is 270 g/mol. The fourth-order valence-corrected chi connectivity index (χ4v) is 2.27. The lowest BCUT2D eigenvalue weighted by molar-refractivity contribution is -0.117. The lowest BCUT2D eigenvalue weighted by Gasteiger charge is -2.12. The van der Waals surface area contributed by atoms with Gasteiger partial charge in [0.25, 0.3) is 0 Å². The number of hydrogen-bond acceptors (Lipinski definition) is 4. The second-order valence-electron chi connectivity index (χ2n) is 3.62. The molecule has 0 bridgehead atoms. The van der Waals surface area contributed by atoms with Gasteiger partial charge in [0.1, 0.15) is 5.52 Å². The van der Waals surface area contributed by atoms with Gasteiger partial charge in [0, 0.05) is 0 Å². The van der Waals surface area contributed by atoms with Crippen molar-refractivity contribution in [3.63, 3.8) is 0 Å².